The van der Waals surface area contributed by atoms with Crippen molar-refractivity contribution in [1.29, 1.82) is 0 Å². The fourth-order valence-electron chi connectivity index (χ4n) is 3.54. The third kappa shape index (κ3) is 2.71. The summed E-state index contributed by atoms with van der Waals surface area (Å²) in [5, 5.41) is 0.901. The Morgan fingerprint density at radius 1 is 1.13 bits per heavy atom. The van der Waals surface area contributed by atoms with E-state index in [2.05, 4.69) is 4.98 Å². The number of benzene rings is 1. The molecule has 0 aliphatic carbocycles. The number of likely N-dealkylation sites (tertiary alicyclic amines) is 1. The molecule has 1 aromatic heterocycles. The average Bonchev–Trinajstić information content (AvgIpc) is 3.15. The van der Waals surface area contributed by atoms with Gasteiger partial charge in [0.2, 0.25) is 0 Å². The van der Waals surface area contributed by atoms with Crippen molar-refractivity contribution < 1.29 is 14.3 Å². The van der Waals surface area contributed by atoms with E-state index in [1.165, 1.54) is 0 Å². The number of hydrogen-bond donors (Lipinski definition) is 0. The molecule has 5 nitrogen and oxygen atoms in total. The first-order valence-corrected chi connectivity index (χ1v) is 8.22. The van der Waals surface area contributed by atoms with Gasteiger partial charge < -0.3 is 14.4 Å². The summed E-state index contributed by atoms with van der Waals surface area (Å²) in [4.78, 5) is 19.4. The molecule has 5 heteroatoms. The lowest BCUT2D eigenvalue weighted by atomic mass is 9.99. The summed E-state index contributed by atoms with van der Waals surface area (Å²) in [5.74, 6) is 0.0485. The van der Waals surface area contributed by atoms with Gasteiger partial charge in [-0.1, -0.05) is 12.1 Å². The van der Waals surface area contributed by atoms with Crippen molar-refractivity contribution in [2.24, 2.45) is 0 Å². The number of nitrogens with zero attached hydrogens (tertiary/aromatic N) is 2. The predicted octanol–water partition coefficient (Wildman–Crippen LogP) is 2.60. The van der Waals surface area contributed by atoms with Gasteiger partial charge in [-0.05, 0) is 37.5 Å². The molecule has 2 saturated heterocycles. The van der Waals surface area contributed by atoms with Gasteiger partial charge in [0.1, 0.15) is 0 Å². The molecule has 3 heterocycles. The highest BCUT2D eigenvalue weighted by molar-refractivity contribution is 6.06. The monoisotopic (exact) mass is 312 g/mol. The molecular formula is C18H20N2O3. The summed E-state index contributed by atoms with van der Waals surface area (Å²) in [5.41, 5.74) is 1.56. The Bertz CT molecular complexity index is 707. The van der Waals surface area contributed by atoms with Gasteiger partial charge in [-0.15, -0.1) is 0 Å². The van der Waals surface area contributed by atoms with Crippen molar-refractivity contribution in [3.8, 4) is 0 Å². The molecule has 0 N–H and O–H groups in total. The number of fused-ring (bicyclic) bond motifs is 1. The quantitative estimate of drug-likeness (QED) is 0.855. The minimum atomic E-state index is -0.285. The molecule has 2 aliphatic rings. The Balaban J connectivity index is 1.68. The number of carbonyl (C=O) groups is 1. The normalized spacial score (nSPS) is 22.6. The highest BCUT2D eigenvalue weighted by Crippen LogP contribution is 2.27. The lowest BCUT2D eigenvalue weighted by Crippen LogP contribution is -2.50. The molecule has 1 amide bonds. The third-order valence-corrected chi connectivity index (χ3v) is 4.65. The number of rotatable bonds is 2. The van der Waals surface area contributed by atoms with Gasteiger partial charge in [-0.25, -0.2) is 0 Å². The van der Waals surface area contributed by atoms with Crippen LogP contribution in [0.15, 0.2) is 36.5 Å². The maximum Gasteiger partial charge on any atom is 0.254 e. The lowest BCUT2D eigenvalue weighted by Gasteiger charge is -2.38. The van der Waals surface area contributed by atoms with Gasteiger partial charge in [0.25, 0.3) is 5.91 Å². The van der Waals surface area contributed by atoms with Crippen LogP contribution in [0.5, 0.6) is 0 Å². The van der Waals surface area contributed by atoms with Crippen molar-refractivity contribution >= 4 is 16.8 Å². The van der Waals surface area contributed by atoms with Crippen molar-refractivity contribution in [1.82, 2.24) is 9.88 Å². The molecule has 1 unspecified atom stereocenters. The van der Waals surface area contributed by atoms with Crippen molar-refractivity contribution in [3.63, 3.8) is 0 Å². The molecular weight excluding hydrogens is 292 g/mol. The smallest absolute Gasteiger partial charge is 0.254 e. The molecule has 120 valence electrons. The maximum absolute atomic E-state index is 13.2. The zero-order chi connectivity index (χ0) is 15.6. The Hall–Kier alpha value is -1.98. The number of aromatic nitrogens is 1. The van der Waals surface area contributed by atoms with E-state index in [9.17, 15) is 4.79 Å². The van der Waals surface area contributed by atoms with Gasteiger partial charge in [-0.2, -0.15) is 0 Å². The van der Waals surface area contributed by atoms with Crippen molar-refractivity contribution in [2.75, 3.05) is 19.8 Å². The number of piperidine rings is 1. The second kappa shape index (κ2) is 6.26. The summed E-state index contributed by atoms with van der Waals surface area (Å²) < 4.78 is 11.3. The van der Waals surface area contributed by atoms with Crippen LogP contribution in [0, 0.1) is 0 Å². The van der Waals surface area contributed by atoms with Crippen molar-refractivity contribution in [2.45, 2.75) is 31.6 Å². The Kier molecular flexibility index (Phi) is 3.97. The van der Waals surface area contributed by atoms with E-state index in [4.69, 9.17) is 9.47 Å². The molecule has 2 fully saturated rings. The highest BCUT2D eigenvalue weighted by Gasteiger charge is 2.36. The zero-order valence-electron chi connectivity index (χ0n) is 13.0. The van der Waals surface area contributed by atoms with E-state index in [-0.39, 0.29) is 18.2 Å². The van der Waals surface area contributed by atoms with E-state index < -0.39 is 0 Å². The van der Waals surface area contributed by atoms with E-state index in [1.807, 2.05) is 35.2 Å². The van der Waals surface area contributed by atoms with Crippen LogP contribution in [-0.2, 0) is 9.47 Å². The zero-order valence-corrected chi connectivity index (χ0v) is 13.0. The summed E-state index contributed by atoms with van der Waals surface area (Å²) in [6.07, 6.45) is 4.53. The molecule has 0 radical (unpaired) electrons. The second-order valence-electron chi connectivity index (χ2n) is 6.05. The average molecular weight is 312 g/mol. The summed E-state index contributed by atoms with van der Waals surface area (Å²) >= 11 is 0. The Labute approximate surface area is 135 Å². The van der Waals surface area contributed by atoms with E-state index >= 15 is 0 Å². The fraction of sp³-hybridized carbons (Fsp3) is 0.444. The number of amides is 1. The van der Waals surface area contributed by atoms with E-state index in [1.54, 1.807) is 6.20 Å². The van der Waals surface area contributed by atoms with Crippen LogP contribution in [0.1, 0.15) is 29.6 Å². The second-order valence-corrected chi connectivity index (χ2v) is 6.05. The minimum Gasteiger partial charge on any atom is -0.348 e. The maximum atomic E-state index is 13.2. The van der Waals surface area contributed by atoms with Crippen LogP contribution in [-0.4, -0.2) is 47.9 Å². The Morgan fingerprint density at radius 2 is 2.00 bits per heavy atom. The van der Waals surface area contributed by atoms with Crippen LogP contribution in [0.2, 0.25) is 0 Å². The van der Waals surface area contributed by atoms with Crippen LogP contribution < -0.4 is 0 Å². The van der Waals surface area contributed by atoms with Gasteiger partial charge in [0.15, 0.2) is 6.29 Å². The molecule has 0 spiro atoms. The topological polar surface area (TPSA) is 51.7 Å². The first-order valence-electron chi connectivity index (χ1n) is 8.22. The number of pyridine rings is 1. The summed E-state index contributed by atoms with van der Waals surface area (Å²) in [7, 11) is 0. The van der Waals surface area contributed by atoms with Crippen LogP contribution in [0.4, 0.5) is 0 Å². The lowest BCUT2D eigenvalue weighted by molar-refractivity contribution is -0.100. The van der Waals surface area contributed by atoms with Gasteiger partial charge in [0, 0.05) is 23.7 Å². The third-order valence-electron chi connectivity index (χ3n) is 4.65. The van der Waals surface area contributed by atoms with Crippen LogP contribution in [0.3, 0.4) is 0 Å². The van der Waals surface area contributed by atoms with Crippen LogP contribution >= 0.6 is 0 Å². The summed E-state index contributed by atoms with van der Waals surface area (Å²) in [6.45, 7) is 1.98. The number of ether oxygens (including phenoxy) is 2. The molecule has 0 bridgehead atoms. The molecule has 2 aliphatic heterocycles. The summed E-state index contributed by atoms with van der Waals surface area (Å²) in [6, 6.07) is 9.54. The van der Waals surface area contributed by atoms with Gasteiger partial charge in [0.05, 0.1) is 24.8 Å². The minimum absolute atomic E-state index is 0.00526. The first kappa shape index (κ1) is 14.6. The number of hydrogen-bond acceptors (Lipinski definition) is 4. The van der Waals surface area contributed by atoms with Crippen LogP contribution in [0.25, 0.3) is 10.9 Å². The standard InChI is InChI=1S/C18H20N2O3/c21-17(14-5-3-7-15-13(14)6-4-9-19-15)20-10-2-1-8-16(20)18-22-11-12-23-18/h3-7,9,16,18H,1-2,8,10-12H2. The molecule has 1 atom stereocenters. The number of carbonyl (C=O) groups excluding carboxylic acids is 1. The van der Waals surface area contributed by atoms with Gasteiger partial charge in [-0.3, -0.25) is 9.78 Å². The fourth-order valence-corrected chi connectivity index (χ4v) is 3.54. The molecule has 4 rings (SSSR count). The van der Waals surface area contributed by atoms with E-state index in [0.29, 0.717) is 18.8 Å². The largest absolute Gasteiger partial charge is 0.348 e. The highest BCUT2D eigenvalue weighted by atomic mass is 16.7. The van der Waals surface area contributed by atoms with E-state index in [0.717, 1.165) is 36.7 Å². The molecule has 2 aromatic rings. The molecule has 0 saturated carbocycles. The molecule has 1 aromatic carbocycles. The molecule has 23 heavy (non-hydrogen) atoms. The SMILES string of the molecule is O=C(c1cccc2ncccc12)N1CCCCC1C1OCCO1. The first-order chi connectivity index (χ1) is 11.3. The predicted molar refractivity (Wildman–Crippen MR) is 86.1 cm³/mol. The Morgan fingerprint density at radius 3 is 2.87 bits per heavy atom. The van der Waals surface area contributed by atoms with Crippen molar-refractivity contribution in [3.05, 3.63) is 42.1 Å². The van der Waals surface area contributed by atoms with Gasteiger partial charge >= 0.3 is 0 Å².